The minimum atomic E-state index is -0.358. The Hall–Kier alpha value is -4.38. The fourth-order valence-electron chi connectivity index (χ4n) is 3.50. The summed E-state index contributed by atoms with van der Waals surface area (Å²) in [4.78, 5) is 25.0. The first-order chi connectivity index (χ1) is 15.8. The van der Waals surface area contributed by atoms with E-state index in [0.717, 1.165) is 38.7 Å². The van der Waals surface area contributed by atoms with Gasteiger partial charge in [-0.1, -0.05) is 54.6 Å². The molecule has 0 aliphatic heterocycles. The highest BCUT2D eigenvalue weighted by Gasteiger charge is 2.09. The van der Waals surface area contributed by atoms with Gasteiger partial charge in [-0.05, 0) is 41.0 Å². The van der Waals surface area contributed by atoms with Crippen LogP contribution < -0.4 is 0 Å². The van der Waals surface area contributed by atoms with Gasteiger partial charge >= 0.3 is 5.97 Å². The maximum Gasteiger partial charge on any atom is 0.338 e. The molecule has 2 heterocycles. The molecule has 0 aliphatic rings. The predicted octanol–water partition coefficient (Wildman–Crippen LogP) is 5.72. The minimum Gasteiger partial charge on any atom is -0.457 e. The van der Waals surface area contributed by atoms with Crippen molar-refractivity contribution >= 4 is 16.9 Å². The lowest BCUT2D eigenvalue weighted by Gasteiger charge is -2.08. The van der Waals surface area contributed by atoms with Crippen LogP contribution >= 0.6 is 0 Å². The summed E-state index contributed by atoms with van der Waals surface area (Å²) in [7, 11) is 0. The molecule has 0 spiro atoms. The molecule has 0 amide bonds. The summed E-state index contributed by atoms with van der Waals surface area (Å²) < 4.78 is 5.49. The Labute approximate surface area is 185 Å². The van der Waals surface area contributed by atoms with Crippen molar-refractivity contribution < 1.29 is 9.53 Å². The molecule has 5 nitrogen and oxygen atoms in total. The Morgan fingerprint density at radius 1 is 0.719 bits per heavy atom. The second-order valence-corrected chi connectivity index (χ2v) is 7.39. The molecule has 0 aliphatic carbocycles. The monoisotopic (exact) mass is 417 g/mol. The van der Waals surface area contributed by atoms with Crippen LogP contribution in [0, 0.1) is 0 Å². The molecule has 154 valence electrons. The number of nitrogens with zero attached hydrogens (tertiary/aromatic N) is 3. The van der Waals surface area contributed by atoms with E-state index in [1.54, 1.807) is 24.5 Å². The normalized spacial score (nSPS) is 10.8. The zero-order valence-corrected chi connectivity index (χ0v) is 17.2. The lowest BCUT2D eigenvalue weighted by Crippen LogP contribution is -2.05. The molecule has 0 saturated carbocycles. The Morgan fingerprint density at radius 2 is 1.41 bits per heavy atom. The topological polar surface area (TPSA) is 65.0 Å². The van der Waals surface area contributed by atoms with Gasteiger partial charge in [0.15, 0.2) is 0 Å². The molecule has 5 rings (SSSR count). The Balaban J connectivity index is 1.23. The third kappa shape index (κ3) is 4.23. The number of aromatic nitrogens is 3. The summed E-state index contributed by atoms with van der Waals surface area (Å²) >= 11 is 0. The van der Waals surface area contributed by atoms with Crippen LogP contribution in [0.25, 0.3) is 33.2 Å². The van der Waals surface area contributed by atoms with Gasteiger partial charge < -0.3 is 4.74 Å². The summed E-state index contributed by atoms with van der Waals surface area (Å²) in [6.45, 7) is 0.212. The molecule has 0 unspecified atom stereocenters. The second kappa shape index (κ2) is 8.78. The predicted molar refractivity (Wildman–Crippen MR) is 124 cm³/mol. The maximum absolute atomic E-state index is 12.4. The zero-order valence-electron chi connectivity index (χ0n) is 17.2. The molecule has 5 aromatic rings. The van der Waals surface area contributed by atoms with Crippen LogP contribution in [-0.4, -0.2) is 20.9 Å². The minimum absolute atomic E-state index is 0.212. The van der Waals surface area contributed by atoms with Crippen LogP contribution in [0.2, 0.25) is 0 Å². The molecule has 2 aromatic heterocycles. The van der Waals surface area contributed by atoms with Gasteiger partial charge in [0.2, 0.25) is 0 Å². The van der Waals surface area contributed by atoms with E-state index in [9.17, 15) is 4.79 Å². The van der Waals surface area contributed by atoms with Crippen molar-refractivity contribution in [2.24, 2.45) is 0 Å². The van der Waals surface area contributed by atoms with Crippen molar-refractivity contribution in [3.63, 3.8) is 0 Å². The fraction of sp³-hybridized carbons (Fsp3) is 0.0370. The van der Waals surface area contributed by atoms with Gasteiger partial charge in [-0.2, -0.15) is 0 Å². The number of carbonyl (C=O) groups excluding carboxylic acids is 1. The van der Waals surface area contributed by atoms with Gasteiger partial charge in [-0.15, -0.1) is 0 Å². The van der Waals surface area contributed by atoms with Crippen LogP contribution in [0.15, 0.2) is 104 Å². The highest BCUT2D eigenvalue weighted by molar-refractivity contribution is 5.90. The van der Waals surface area contributed by atoms with E-state index in [-0.39, 0.29) is 12.6 Å². The number of carbonyl (C=O) groups is 1. The number of esters is 1. The SMILES string of the molecule is O=C(OCc1ccc(-c2cnc3ccccc3c2)cc1)c1ccc(-c2cncnc2)cc1. The van der Waals surface area contributed by atoms with Crippen LogP contribution in [-0.2, 0) is 11.3 Å². The molecule has 0 atom stereocenters. The van der Waals surface area contributed by atoms with Crippen LogP contribution in [0.3, 0.4) is 0 Å². The molecule has 0 fully saturated rings. The third-order valence-corrected chi connectivity index (χ3v) is 5.26. The number of pyridine rings is 1. The van der Waals surface area contributed by atoms with Crippen molar-refractivity contribution in [2.45, 2.75) is 6.61 Å². The number of para-hydroxylation sites is 1. The molecule has 0 bridgehead atoms. The van der Waals surface area contributed by atoms with Crippen molar-refractivity contribution in [1.82, 2.24) is 15.0 Å². The average molecular weight is 417 g/mol. The summed E-state index contributed by atoms with van der Waals surface area (Å²) in [6.07, 6.45) is 6.83. The van der Waals surface area contributed by atoms with E-state index in [2.05, 4.69) is 27.1 Å². The molecular weight excluding hydrogens is 398 g/mol. The van der Waals surface area contributed by atoms with Gasteiger partial charge in [0.1, 0.15) is 12.9 Å². The van der Waals surface area contributed by atoms with E-state index >= 15 is 0 Å². The number of ether oxygens (including phenoxy) is 1. The van der Waals surface area contributed by atoms with Gasteiger partial charge in [0, 0.05) is 35.1 Å². The first-order valence-corrected chi connectivity index (χ1v) is 10.2. The quantitative estimate of drug-likeness (QED) is 0.342. The van der Waals surface area contributed by atoms with Crippen LogP contribution in [0.5, 0.6) is 0 Å². The van der Waals surface area contributed by atoms with Crippen molar-refractivity contribution in [2.75, 3.05) is 0 Å². The number of benzene rings is 3. The van der Waals surface area contributed by atoms with E-state index in [1.165, 1.54) is 6.33 Å². The molecule has 3 aromatic carbocycles. The van der Waals surface area contributed by atoms with Gasteiger partial charge in [0.05, 0.1) is 11.1 Å². The molecule has 0 saturated heterocycles. The molecule has 5 heteroatoms. The summed E-state index contributed by atoms with van der Waals surface area (Å²) in [5.41, 5.74) is 6.37. The highest BCUT2D eigenvalue weighted by Crippen LogP contribution is 2.23. The van der Waals surface area contributed by atoms with Crippen LogP contribution in [0.4, 0.5) is 0 Å². The number of fused-ring (bicyclic) bond motifs is 1. The maximum atomic E-state index is 12.4. The van der Waals surface area contributed by atoms with Crippen molar-refractivity contribution in [3.05, 3.63) is 115 Å². The summed E-state index contributed by atoms with van der Waals surface area (Å²) in [5, 5.41) is 1.11. The Morgan fingerprint density at radius 3 is 2.19 bits per heavy atom. The van der Waals surface area contributed by atoms with Gasteiger partial charge in [0.25, 0.3) is 0 Å². The molecule has 32 heavy (non-hydrogen) atoms. The smallest absolute Gasteiger partial charge is 0.338 e. The molecule has 0 N–H and O–H groups in total. The second-order valence-electron chi connectivity index (χ2n) is 7.39. The van der Waals surface area contributed by atoms with E-state index in [4.69, 9.17) is 4.74 Å². The average Bonchev–Trinajstić information content (AvgIpc) is 2.88. The van der Waals surface area contributed by atoms with Crippen LogP contribution in [0.1, 0.15) is 15.9 Å². The number of hydrogen-bond donors (Lipinski definition) is 0. The highest BCUT2D eigenvalue weighted by atomic mass is 16.5. The lowest BCUT2D eigenvalue weighted by atomic mass is 10.0. The van der Waals surface area contributed by atoms with Gasteiger partial charge in [-0.25, -0.2) is 14.8 Å². The largest absolute Gasteiger partial charge is 0.457 e. The van der Waals surface area contributed by atoms with E-state index in [1.807, 2.05) is 60.8 Å². The summed E-state index contributed by atoms with van der Waals surface area (Å²) in [5.74, 6) is -0.358. The van der Waals surface area contributed by atoms with Crippen molar-refractivity contribution in [3.8, 4) is 22.3 Å². The third-order valence-electron chi connectivity index (χ3n) is 5.26. The van der Waals surface area contributed by atoms with E-state index in [0.29, 0.717) is 5.56 Å². The number of hydrogen-bond acceptors (Lipinski definition) is 5. The first kappa shape index (κ1) is 19.6. The van der Waals surface area contributed by atoms with Gasteiger partial charge in [-0.3, -0.25) is 4.98 Å². The Kier molecular flexibility index (Phi) is 5.37. The Bertz CT molecular complexity index is 1370. The molecular formula is C27H19N3O2. The zero-order chi connectivity index (χ0) is 21.8. The fourth-order valence-corrected chi connectivity index (χ4v) is 3.50. The van der Waals surface area contributed by atoms with E-state index < -0.39 is 0 Å². The number of rotatable bonds is 5. The first-order valence-electron chi connectivity index (χ1n) is 10.2. The lowest BCUT2D eigenvalue weighted by molar-refractivity contribution is 0.0473. The molecule has 0 radical (unpaired) electrons. The standard InChI is InChI=1S/C27H19N3O2/c31-27(22-11-9-21(10-12-22)25-14-28-18-29-15-25)32-17-19-5-7-20(8-6-19)24-13-23-3-1-2-4-26(23)30-16-24/h1-16,18H,17H2. The van der Waals surface area contributed by atoms with Crippen molar-refractivity contribution in [1.29, 1.82) is 0 Å². The summed E-state index contributed by atoms with van der Waals surface area (Å²) in [6, 6.07) is 25.4.